The number of imidazole rings is 1. The highest BCUT2D eigenvalue weighted by atomic mass is 16.1. The van der Waals surface area contributed by atoms with Gasteiger partial charge in [0, 0.05) is 0 Å². The van der Waals surface area contributed by atoms with E-state index in [1.165, 1.54) is 4.40 Å². The summed E-state index contributed by atoms with van der Waals surface area (Å²) in [5.74, 6) is 0. The van der Waals surface area contributed by atoms with E-state index in [0.29, 0.717) is 16.4 Å². The van der Waals surface area contributed by atoms with Gasteiger partial charge in [-0.05, 0) is 24.6 Å². The lowest BCUT2D eigenvalue weighted by Crippen LogP contribution is -2.28. The molecule has 0 spiro atoms. The van der Waals surface area contributed by atoms with Crippen molar-refractivity contribution in [2.45, 2.75) is 6.92 Å². The summed E-state index contributed by atoms with van der Waals surface area (Å²) in [5, 5.41) is 9.77. The number of fused-ring (bicyclic) bond motifs is 3. The lowest BCUT2D eigenvalue weighted by Gasteiger charge is -1.94. The second-order valence-electron chi connectivity index (χ2n) is 4.22. The zero-order valence-corrected chi connectivity index (χ0v) is 9.82. The molecule has 0 atom stereocenters. The summed E-state index contributed by atoms with van der Waals surface area (Å²) in [7, 11) is 0. The Kier molecular flexibility index (Phi) is 1.99. The number of nitrogens with zero attached hydrogens (tertiary/aromatic N) is 2. The molecule has 0 aliphatic carbocycles. The number of aromatic nitrogens is 2. The summed E-state index contributed by atoms with van der Waals surface area (Å²) in [6, 6.07) is 9.45. The Labute approximate surface area is 102 Å². The SMILES string of the molecule is C=c1c(C)c(C#N)c(=O)n2c1[nH+]c1ccccc12. The van der Waals surface area contributed by atoms with E-state index in [-0.39, 0.29) is 11.1 Å². The third-order valence-electron chi connectivity index (χ3n) is 3.26. The Bertz CT molecular complexity index is 932. The molecule has 0 unspecified atom stereocenters. The predicted molar refractivity (Wildman–Crippen MR) is 67.9 cm³/mol. The number of nitriles is 1. The molecule has 1 N–H and O–H groups in total. The van der Waals surface area contributed by atoms with Crippen LogP contribution in [0.15, 0.2) is 29.1 Å². The van der Waals surface area contributed by atoms with Gasteiger partial charge in [-0.15, -0.1) is 0 Å². The molecule has 0 aliphatic heterocycles. The van der Waals surface area contributed by atoms with Gasteiger partial charge in [0.25, 0.3) is 5.65 Å². The molecule has 0 aliphatic rings. The molecule has 4 heteroatoms. The highest BCUT2D eigenvalue weighted by Crippen LogP contribution is 2.09. The van der Waals surface area contributed by atoms with Crippen LogP contribution in [0.5, 0.6) is 0 Å². The molecule has 4 nitrogen and oxygen atoms in total. The van der Waals surface area contributed by atoms with Crippen LogP contribution in [0, 0.1) is 18.3 Å². The van der Waals surface area contributed by atoms with Crippen LogP contribution in [0.2, 0.25) is 0 Å². The maximum atomic E-state index is 12.3. The van der Waals surface area contributed by atoms with Gasteiger partial charge in [0.05, 0.1) is 5.22 Å². The molecule has 0 saturated heterocycles. The van der Waals surface area contributed by atoms with Gasteiger partial charge in [-0.25, -0.2) is 9.78 Å². The molecule has 1 aromatic carbocycles. The number of benzene rings is 1. The fourth-order valence-corrected chi connectivity index (χ4v) is 2.23. The van der Waals surface area contributed by atoms with Crippen LogP contribution in [0.4, 0.5) is 0 Å². The Morgan fingerprint density at radius 3 is 2.83 bits per heavy atom. The summed E-state index contributed by atoms with van der Waals surface area (Å²) >= 11 is 0. The molecule has 18 heavy (non-hydrogen) atoms. The van der Waals surface area contributed by atoms with Crippen molar-refractivity contribution in [1.29, 1.82) is 5.26 Å². The third-order valence-corrected chi connectivity index (χ3v) is 3.26. The number of rotatable bonds is 0. The van der Waals surface area contributed by atoms with E-state index in [1.54, 1.807) is 6.92 Å². The van der Waals surface area contributed by atoms with Crippen molar-refractivity contribution >= 4 is 23.3 Å². The van der Waals surface area contributed by atoms with Crippen molar-refractivity contribution in [3.05, 3.63) is 51.0 Å². The normalized spacial score (nSPS) is 10.9. The minimum absolute atomic E-state index is 0.155. The van der Waals surface area contributed by atoms with Crippen molar-refractivity contribution in [2.24, 2.45) is 0 Å². The zero-order valence-electron chi connectivity index (χ0n) is 9.82. The van der Waals surface area contributed by atoms with E-state index in [1.807, 2.05) is 30.3 Å². The van der Waals surface area contributed by atoms with Gasteiger partial charge in [0.15, 0.2) is 11.0 Å². The van der Waals surface area contributed by atoms with E-state index < -0.39 is 0 Å². The predicted octanol–water partition coefficient (Wildman–Crippen LogP) is 0.576. The van der Waals surface area contributed by atoms with Crippen molar-refractivity contribution in [1.82, 2.24) is 4.40 Å². The Hall–Kier alpha value is -2.67. The molecule has 0 bridgehead atoms. The lowest BCUT2D eigenvalue weighted by molar-refractivity contribution is -0.312. The van der Waals surface area contributed by atoms with Crippen molar-refractivity contribution in [3.63, 3.8) is 0 Å². The van der Waals surface area contributed by atoms with Gasteiger partial charge in [-0.1, -0.05) is 18.7 Å². The fraction of sp³-hybridized carbons (Fsp3) is 0.0714. The quantitative estimate of drug-likeness (QED) is 0.573. The average molecular weight is 236 g/mol. The highest BCUT2D eigenvalue weighted by molar-refractivity contribution is 5.75. The molecule has 0 amide bonds. The number of hydrogen-bond acceptors (Lipinski definition) is 2. The van der Waals surface area contributed by atoms with E-state index in [0.717, 1.165) is 11.0 Å². The number of pyridine rings is 1. The maximum absolute atomic E-state index is 12.3. The van der Waals surface area contributed by atoms with E-state index in [9.17, 15) is 4.79 Å². The minimum atomic E-state index is -0.296. The van der Waals surface area contributed by atoms with Crippen molar-refractivity contribution in [3.8, 4) is 6.07 Å². The average Bonchev–Trinajstić information content (AvgIpc) is 2.76. The van der Waals surface area contributed by atoms with Crippen LogP contribution in [-0.2, 0) is 0 Å². The summed E-state index contributed by atoms with van der Waals surface area (Å²) in [5.41, 5.74) is 2.76. The molecule has 2 aromatic heterocycles. The minimum Gasteiger partial charge on any atom is -0.239 e. The third kappa shape index (κ3) is 1.13. The summed E-state index contributed by atoms with van der Waals surface area (Å²) < 4.78 is 1.52. The molecule has 0 fully saturated rings. The van der Waals surface area contributed by atoms with E-state index in [4.69, 9.17) is 5.26 Å². The van der Waals surface area contributed by atoms with E-state index in [2.05, 4.69) is 11.6 Å². The van der Waals surface area contributed by atoms with Gasteiger partial charge in [0.1, 0.15) is 11.6 Å². The first-order valence-electron chi connectivity index (χ1n) is 5.53. The summed E-state index contributed by atoms with van der Waals surface area (Å²) in [6.07, 6.45) is 0. The topological polar surface area (TPSA) is 59.4 Å². The Morgan fingerprint density at radius 1 is 1.39 bits per heavy atom. The van der Waals surface area contributed by atoms with Gasteiger partial charge < -0.3 is 0 Å². The Balaban J connectivity index is 2.77. The van der Waals surface area contributed by atoms with Crippen molar-refractivity contribution in [2.75, 3.05) is 0 Å². The largest absolute Gasteiger partial charge is 0.357 e. The fourth-order valence-electron chi connectivity index (χ4n) is 2.23. The number of para-hydroxylation sites is 2. The van der Waals surface area contributed by atoms with Crippen LogP contribution in [0.1, 0.15) is 11.1 Å². The number of nitrogens with one attached hydrogen (secondary N) is 1. The van der Waals surface area contributed by atoms with Gasteiger partial charge in [-0.2, -0.15) is 9.66 Å². The van der Waals surface area contributed by atoms with Crippen LogP contribution in [-0.4, -0.2) is 4.40 Å². The van der Waals surface area contributed by atoms with E-state index >= 15 is 0 Å². The smallest absolute Gasteiger partial charge is 0.239 e. The molecule has 86 valence electrons. The maximum Gasteiger partial charge on any atom is 0.357 e. The van der Waals surface area contributed by atoms with Gasteiger partial charge >= 0.3 is 5.56 Å². The Morgan fingerprint density at radius 2 is 2.11 bits per heavy atom. The molecule has 3 rings (SSSR count). The standard InChI is InChI=1S/C14H9N3O/c1-8-9(2)13-16-11-5-3-4-6-12(11)17(13)14(18)10(8)7-15/h3-6H,2H2,1H3/p+1. The second-order valence-corrected chi connectivity index (χ2v) is 4.22. The molecular weight excluding hydrogens is 226 g/mol. The monoisotopic (exact) mass is 236 g/mol. The molecule has 0 saturated carbocycles. The first kappa shape index (κ1) is 10.5. The zero-order chi connectivity index (χ0) is 12.9. The molecular formula is C14H10N3O+. The molecule has 3 aromatic rings. The van der Waals surface area contributed by atoms with Crippen LogP contribution in [0.25, 0.3) is 23.3 Å². The molecule has 0 radical (unpaired) electrons. The van der Waals surface area contributed by atoms with Crippen molar-refractivity contribution < 1.29 is 4.98 Å². The molecule has 2 heterocycles. The number of aromatic amines is 1. The summed E-state index contributed by atoms with van der Waals surface area (Å²) in [4.78, 5) is 15.5. The van der Waals surface area contributed by atoms with Crippen LogP contribution < -0.4 is 15.8 Å². The van der Waals surface area contributed by atoms with Gasteiger partial charge in [-0.3, -0.25) is 0 Å². The number of hydrogen-bond donors (Lipinski definition) is 0. The number of H-pyrrole nitrogens is 1. The van der Waals surface area contributed by atoms with Gasteiger partial charge in [0.2, 0.25) is 0 Å². The second kappa shape index (κ2) is 3.41. The first-order valence-corrected chi connectivity index (χ1v) is 5.53. The lowest BCUT2D eigenvalue weighted by atomic mass is 10.1. The van der Waals surface area contributed by atoms with Crippen LogP contribution >= 0.6 is 0 Å². The first-order chi connectivity index (χ1) is 8.65. The summed E-state index contributed by atoms with van der Waals surface area (Å²) in [6.45, 7) is 5.69. The highest BCUT2D eigenvalue weighted by Gasteiger charge is 2.20. The van der Waals surface area contributed by atoms with Crippen LogP contribution in [0.3, 0.4) is 0 Å².